The summed E-state index contributed by atoms with van der Waals surface area (Å²) in [5, 5.41) is 0. The second kappa shape index (κ2) is 5.33. The van der Waals surface area contributed by atoms with Crippen molar-refractivity contribution in [2.75, 3.05) is 18.0 Å². The van der Waals surface area contributed by atoms with Crippen LogP contribution in [0.4, 0.5) is 11.4 Å². The molecular formula is C14H23BN4O2. The van der Waals surface area contributed by atoms with E-state index >= 15 is 0 Å². The Hall–Kier alpha value is -1.57. The van der Waals surface area contributed by atoms with E-state index in [9.17, 15) is 0 Å². The number of nitrogens with zero attached hydrogens (tertiary/aromatic N) is 1. The normalized spacial score (nSPS) is 20.8. The summed E-state index contributed by atoms with van der Waals surface area (Å²) < 4.78 is 12.0. The number of aromatic nitrogens is 1. The summed E-state index contributed by atoms with van der Waals surface area (Å²) in [5.74, 6) is 0. The molecule has 21 heavy (non-hydrogen) atoms. The van der Waals surface area contributed by atoms with Crippen LogP contribution < -0.4 is 17.2 Å². The van der Waals surface area contributed by atoms with Crippen LogP contribution in [0.2, 0.25) is 0 Å². The molecule has 114 valence electrons. The van der Waals surface area contributed by atoms with Gasteiger partial charge >= 0.3 is 7.12 Å². The van der Waals surface area contributed by atoms with Gasteiger partial charge in [-0.2, -0.15) is 0 Å². The van der Waals surface area contributed by atoms with E-state index in [2.05, 4.69) is 4.98 Å². The van der Waals surface area contributed by atoms with Gasteiger partial charge in [-0.15, -0.1) is 0 Å². The monoisotopic (exact) mass is 290 g/mol. The second-order valence-corrected chi connectivity index (χ2v) is 6.24. The standard InChI is InChI=1S/C14H23BN4O2/c1-13(2)14(3,4)21-15(20-13)10(6-16)5-9-7-19-8-11(17)12(9)18/h5,7-8H,6,16-17H2,1-4H3,(H2,18,19). The van der Waals surface area contributed by atoms with Gasteiger partial charge in [0.2, 0.25) is 0 Å². The van der Waals surface area contributed by atoms with Gasteiger partial charge in [-0.05, 0) is 33.2 Å². The molecule has 1 aromatic heterocycles. The van der Waals surface area contributed by atoms with Crippen LogP contribution in [0.3, 0.4) is 0 Å². The summed E-state index contributed by atoms with van der Waals surface area (Å²) in [6, 6.07) is 0. The first-order valence-corrected chi connectivity index (χ1v) is 6.93. The Morgan fingerprint density at radius 1 is 1.19 bits per heavy atom. The summed E-state index contributed by atoms with van der Waals surface area (Å²) >= 11 is 0. The zero-order valence-corrected chi connectivity index (χ0v) is 13.0. The number of anilines is 2. The predicted octanol–water partition coefficient (Wildman–Crippen LogP) is 1.22. The van der Waals surface area contributed by atoms with Crippen molar-refractivity contribution in [3.8, 4) is 0 Å². The highest BCUT2D eigenvalue weighted by Crippen LogP contribution is 2.38. The van der Waals surface area contributed by atoms with Gasteiger partial charge < -0.3 is 26.5 Å². The minimum absolute atomic E-state index is 0.297. The smallest absolute Gasteiger partial charge is 0.400 e. The number of hydrogen-bond donors (Lipinski definition) is 3. The second-order valence-electron chi connectivity index (χ2n) is 6.24. The van der Waals surface area contributed by atoms with Crippen molar-refractivity contribution < 1.29 is 9.31 Å². The Labute approximate surface area is 125 Å². The molecule has 0 amide bonds. The zero-order valence-electron chi connectivity index (χ0n) is 13.0. The molecule has 0 aromatic carbocycles. The van der Waals surface area contributed by atoms with E-state index in [-0.39, 0.29) is 0 Å². The van der Waals surface area contributed by atoms with Gasteiger partial charge in [0.25, 0.3) is 0 Å². The van der Waals surface area contributed by atoms with Crippen LogP contribution in [0, 0.1) is 0 Å². The Morgan fingerprint density at radius 2 is 1.76 bits per heavy atom. The van der Waals surface area contributed by atoms with Crippen molar-refractivity contribution in [3.05, 3.63) is 23.4 Å². The van der Waals surface area contributed by atoms with Crippen LogP contribution in [0.5, 0.6) is 0 Å². The lowest BCUT2D eigenvalue weighted by Crippen LogP contribution is -2.41. The van der Waals surface area contributed by atoms with Gasteiger partial charge in [0.15, 0.2) is 0 Å². The molecule has 0 unspecified atom stereocenters. The molecule has 1 aromatic rings. The van der Waals surface area contributed by atoms with Gasteiger partial charge in [0, 0.05) is 18.3 Å². The average molecular weight is 290 g/mol. The number of nitrogen functional groups attached to an aromatic ring is 2. The highest BCUT2D eigenvalue weighted by molar-refractivity contribution is 6.56. The SMILES string of the molecule is CC1(C)OB(C(=Cc2cncc(N)c2N)CN)OC1(C)C. The van der Waals surface area contributed by atoms with Gasteiger partial charge in [0.1, 0.15) is 0 Å². The molecule has 2 heterocycles. The van der Waals surface area contributed by atoms with E-state index in [4.69, 9.17) is 26.5 Å². The third-order valence-corrected chi connectivity index (χ3v) is 4.18. The highest BCUT2D eigenvalue weighted by atomic mass is 16.7. The molecule has 0 radical (unpaired) electrons. The van der Waals surface area contributed by atoms with E-state index < -0.39 is 18.3 Å². The van der Waals surface area contributed by atoms with Gasteiger partial charge in [-0.3, -0.25) is 4.98 Å². The molecule has 1 fully saturated rings. The minimum atomic E-state index is -0.499. The molecule has 0 bridgehead atoms. The number of rotatable bonds is 3. The molecular weight excluding hydrogens is 267 g/mol. The minimum Gasteiger partial charge on any atom is -0.400 e. The average Bonchev–Trinajstić information content (AvgIpc) is 2.60. The van der Waals surface area contributed by atoms with Crippen molar-refractivity contribution in [2.45, 2.75) is 38.9 Å². The Morgan fingerprint density at radius 3 is 2.29 bits per heavy atom. The number of hydrogen-bond acceptors (Lipinski definition) is 6. The lowest BCUT2D eigenvalue weighted by Gasteiger charge is -2.32. The van der Waals surface area contributed by atoms with Gasteiger partial charge in [-0.1, -0.05) is 6.08 Å². The number of pyridine rings is 1. The Bertz CT molecular complexity index is 556. The molecule has 1 saturated heterocycles. The van der Waals surface area contributed by atoms with Crippen molar-refractivity contribution in [1.29, 1.82) is 0 Å². The summed E-state index contributed by atoms with van der Waals surface area (Å²) in [7, 11) is -0.499. The number of nitrogens with two attached hydrogens (primary N) is 3. The van der Waals surface area contributed by atoms with Crippen molar-refractivity contribution >= 4 is 24.6 Å². The maximum absolute atomic E-state index is 6.00. The molecule has 0 spiro atoms. The molecule has 0 atom stereocenters. The summed E-state index contributed by atoms with van der Waals surface area (Å²) in [6.45, 7) is 8.29. The molecule has 0 saturated carbocycles. The van der Waals surface area contributed by atoms with Crippen LogP contribution >= 0.6 is 0 Å². The van der Waals surface area contributed by atoms with Crippen molar-refractivity contribution in [3.63, 3.8) is 0 Å². The van der Waals surface area contributed by atoms with E-state index in [1.165, 1.54) is 6.20 Å². The van der Waals surface area contributed by atoms with Gasteiger partial charge in [0.05, 0.1) is 28.8 Å². The van der Waals surface area contributed by atoms with E-state index in [0.29, 0.717) is 23.5 Å². The molecule has 0 aliphatic carbocycles. The Balaban J connectivity index is 2.33. The first-order chi connectivity index (χ1) is 9.68. The first-order valence-electron chi connectivity index (χ1n) is 6.93. The van der Waals surface area contributed by atoms with Crippen molar-refractivity contribution in [2.24, 2.45) is 5.73 Å². The fourth-order valence-electron chi connectivity index (χ4n) is 2.04. The van der Waals surface area contributed by atoms with E-state index in [0.717, 1.165) is 5.47 Å². The maximum Gasteiger partial charge on any atom is 0.491 e. The largest absolute Gasteiger partial charge is 0.491 e. The maximum atomic E-state index is 6.00. The summed E-state index contributed by atoms with van der Waals surface area (Å²) in [6.07, 6.45) is 5.00. The molecule has 6 nitrogen and oxygen atoms in total. The third-order valence-electron chi connectivity index (χ3n) is 4.18. The third kappa shape index (κ3) is 2.90. The van der Waals surface area contributed by atoms with Crippen molar-refractivity contribution in [1.82, 2.24) is 4.98 Å². The summed E-state index contributed by atoms with van der Waals surface area (Å²) in [5.41, 5.74) is 19.2. The Kier molecular flexibility index (Phi) is 4.01. The molecule has 2 rings (SSSR count). The lowest BCUT2D eigenvalue weighted by molar-refractivity contribution is 0.00578. The quantitative estimate of drug-likeness (QED) is 0.722. The summed E-state index contributed by atoms with van der Waals surface area (Å²) in [4.78, 5) is 4.04. The fraction of sp³-hybridized carbons (Fsp3) is 0.500. The zero-order chi connectivity index (χ0) is 15.8. The van der Waals surface area contributed by atoms with Crippen LogP contribution in [-0.4, -0.2) is 29.8 Å². The molecule has 6 N–H and O–H groups in total. The van der Waals surface area contributed by atoms with Crippen LogP contribution in [0.25, 0.3) is 6.08 Å². The molecule has 1 aliphatic heterocycles. The molecule has 7 heteroatoms. The van der Waals surface area contributed by atoms with E-state index in [1.54, 1.807) is 6.20 Å². The predicted molar refractivity (Wildman–Crippen MR) is 86.2 cm³/mol. The highest BCUT2D eigenvalue weighted by Gasteiger charge is 2.52. The first kappa shape index (κ1) is 15.8. The van der Waals surface area contributed by atoms with E-state index in [1.807, 2.05) is 33.8 Å². The fourth-order valence-corrected chi connectivity index (χ4v) is 2.04. The van der Waals surface area contributed by atoms with Crippen LogP contribution in [0.15, 0.2) is 17.9 Å². The van der Waals surface area contributed by atoms with Crippen LogP contribution in [0.1, 0.15) is 33.3 Å². The van der Waals surface area contributed by atoms with Crippen LogP contribution in [-0.2, 0) is 9.31 Å². The van der Waals surface area contributed by atoms with Gasteiger partial charge in [-0.25, -0.2) is 0 Å². The topological polar surface area (TPSA) is 109 Å². The lowest BCUT2D eigenvalue weighted by atomic mass is 9.77. The molecule has 1 aliphatic rings.